The van der Waals surface area contributed by atoms with Gasteiger partial charge in [0, 0.05) is 26.2 Å². The maximum atomic E-state index is 13.7. The Morgan fingerprint density at radius 1 is 0.725 bits per heavy atom. The number of piperazine rings is 1. The highest BCUT2D eigenvalue weighted by Crippen LogP contribution is 2.30. The zero-order valence-electron chi connectivity index (χ0n) is 22.8. The van der Waals surface area contributed by atoms with Crippen molar-refractivity contribution in [1.29, 1.82) is 0 Å². The third-order valence-electron chi connectivity index (χ3n) is 7.20. The second kappa shape index (κ2) is 13.1. The van der Waals surface area contributed by atoms with Gasteiger partial charge < -0.3 is 15.0 Å². The summed E-state index contributed by atoms with van der Waals surface area (Å²) in [6.45, 7) is 5.25. The SMILES string of the molecule is CCCOc1ccccc1C(=O)Nc1ccccc1C(=O)N1CCN(C(c2ccccc2)c2ccccc2)CC1. The average molecular weight is 534 g/mol. The molecule has 40 heavy (non-hydrogen) atoms. The zero-order chi connectivity index (χ0) is 27.7. The van der Waals surface area contributed by atoms with Crippen molar-refractivity contribution in [3.63, 3.8) is 0 Å². The number of rotatable bonds is 9. The molecule has 1 saturated heterocycles. The number of nitrogens with one attached hydrogen (secondary N) is 1. The molecule has 0 bridgehead atoms. The number of carbonyl (C=O) groups is 2. The minimum atomic E-state index is -0.301. The predicted molar refractivity (Wildman–Crippen MR) is 159 cm³/mol. The van der Waals surface area contributed by atoms with Gasteiger partial charge in [-0.15, -0.1) is 0 Å². The topological polar surface area (TPSA) is 61.9 Å². The van der Waals surface area contributed by atoms with Gasteiger partial charge in [0.25, 0.3) is 11.8 Å². The van der Waals surface area contributed by atoms with Crippen LogP contribution in [0.5, 0.6) is 5.75 Å². The molecule has 0 saturated carbocycles. The summed E-state index contributed by atoms with van der Waals surface area (Å²) in [6.07, 6.45) is 0.845. The molecule has 1 aliphatic heterocycles. The summed E-state index contributed by atoms with van der Waals surface area (Å²) in [5.41, 5.74) is 3.91. The van der Waals surface area contributed by atoms with E-state index in [1.54, 1.807) is 24.3 Å². The first-order valence-electron chi connectivity index (χ1n) is 13.9. The number of hydrogen-bond acceptors (Lipinski definition) is 4. The summed E-state index contributed by atoms with van der Waals surface area (Å²) < 4.78 is 5.77. The molecule has 0 aliphatic carbocycles. The maximum Gasteiger partial charge on any atom is 0.259 e. The van der Waals surface area contributed by atoms with Crippen LogP contribution < -0.4 is 10.1 Å². The Hall–Kier alpha value is -4.42. The molecule has 5 rings (SSSR count). The van der Waals surface area contributed by atoms with Crippen LogP contribution >= 0.6 is 0 Å². The lowest BCUT2D eigenvalue weighted by Gasteiger charge is -2.40. The monoisotopic (exact) mass is 533 g/mol. The van der Waals surface area contributed by atoms with Crippen molar-refractivity contribution < 1.29 is 14.3 Å². The van der Waals surface area contributed by atoms with E-state index in [9.17, 15) is 9.59 Å². The number of carbonyl (C=O) groups excluding carboxylic acids is 2. The highest BCUT2D eigenvalue weighted by molar-refractivity contribution is 6.10. The van der Waals surface area contributed by atoms with Gasteiger partial charge in [-0.1, -0.05) is 91.9 Å². The Morgan fingerprint density at radius 3 is 1.90 bits per heavy atom. The van der Waals surface area contributed by atoms with E-state index in [-0.39, 0.29) is 17.9 Å². The van der Waals surface area contributed by atoms with E-state index in [1.807, 2.05) is 48.2 Å². The van der Waals surface area contributed by atoms with Crippen LogP contribution in [0.2, 0.25) is 0 Å². The van der Waals surface area contributed by atoms with Crippen LogP contribution in [0.15, 0.2) is 109 Å². The van der Waals surface area contributed by atoms with E-state index in [0.29, 0.717) is 42.3 Å². The molecule has 204 valence electrons. The molecule has 6 heteroatoms. The third kappa shape index (κ3) is 6.24. The van der Waals surface area contributed by atoms with Crippen LogP contribution in [-0.2, 0) is 0 Å². The fourth-order valence-electron chi connectivity index (χ4n) is 5.20. The van der Waals surface area contributed by atoms with Gasteiger partial charge in [-0.25, -0.2) is 0 Å². The molecule has 1 heterocycles. The van der Waals surface area contributed by atoms with Gasteiger partial charge in [0.05, 0.1) is 29.5 Å². The number of hydrogen-bond donors (Lipinski definition) is 1. The molecule has 0 unspecified atom stereocenters. The molecule has 1 fully saturated rings. The van der Waals surface area contributed by atoms with E-state index in [2.05, 4.69) is 58.7 Å². The average Bonchev–Trinajstić information content (AvgIpc) is 3.01. The highest BCUT2D eigenvalue weighted by atomic mass is 16.5. The molecular weight excluding hydrogens is 498 g/mol. The van der Waals surface area contributed by atoms with Crippen molar-refractivity contribution in [2.45, 2.75) is 19.4 Å². The summed E-state index contributed by atoms with van der Waals surface area (Å²) in [5.74, 6) is 0.153. The lowest BCUT2D eigenvalue weighted by atomic mass is 9.96. The van der Waals surface area contributed by atoms with E-state index < -0.39 is 0 Å². The maximum absolute atomic E-state index is 13.7. The number of benzene rings is 4. The quantitative estimate of drug-likeness (QED) is 0.275. The molecule has 2 amide bonds. The van der Waals surface area contributed by atoms with Crippen molar-refractivity contribution in [3.05, 3.63) is 131 Å². The van der Waals surface area contributed by atoms with Gasteiger partial charge >= 0.3 is 0 Å². The van der Waals surface area contributed by atoms with Gasteiger partial charge in [0.2, 0.25) is 0 Å². The van der Waals surface area contributed by atoms with Crippen molar-refractivity contribution in [3.8, 4) is 5.75 Å². The summed E-state index contributed by atoms with van der Waals surface area (Å²) in [6, 6.07) is 35.6. The summed E-state index contributed by atoms with van der Waals surface area (Å²) in [4.78, 5) is 31.2. The summed E-state index contributed by atoms with van der Waals surface area (Å²) >= 11 is 0. The normalized spacial score (nSPS) is 13.7. The highest BCUT2D eigenvalue weighted by Gasteiger charge is 2.29. The van der Waals surface area contributed by atoms with Crippen LogP contribution in [0.1, 0.15) is 51.2 Å². The predicted octanol–water partition coefficient (Wildman–Crippen LogP) is 6.28. The summed E-state index contributed by atoms with van der Waals surface area (Å²) in [7, 11) is 0. The van der Waals surface area contributed by atoms with E-state index in [4.69, 9.17) is 4.74 Å². The number of nitrogens with zero attached hydrogens (tertiary/aromatic N) is 2. The van der Waals surface area contributed by atoms with E-state index >= 15 is 0 Å². The van der Waals surface area contributed by atoms with Crippen molar-refractivity contribution in [1.82, 2.24) is 9.80 Å². The first-order valence-corrected chi connectivity index (χ1v) is 13.9. The van der Waals surface area contributed by atoms with Gasteiger partial charge in [-0.2, -0.15) is 0 Å². The number of ether oxygens (including phenoxy) is 1. The van der Waals surface area contributed by atoms with Gasteiger partial charge in [0.15, 0.2) is 0 Å². The fraction of sp³-hybridized carbons (Fsp3) is 0.235. The minimum absolute atomic E-state index is 0.0814. The Morgan fingerprint density at radius 2 is 1.27 bits per heavy atom. The molecular formula is C34H35N3O3. The van der Waals surface area contributed by atoms with Gasteiger partial charge in [0.1, 0.15) is 5.75 Å². The number of para-hydroxylation sites is 2. The Labute approximate surface area is 236 Å². The molecule has 1 aliphatic rings. The smallest absolute Gasteiger partial charge is 0.259 e. The Kier molecular flexibility index (Phi) is 8.89. The standard InChI is InChI=1S/C34H35N3O3/c1-2-25-40-31-20-12-10-18-29(31)33(38)35-30-19-11-9-17-28(30)34(39)37-23-21-36(22-24-37)32(26-13-5-3-6-14-26)27-15-7-4-8-16-27/h3-20,32H,2,21-25H2,1H3,(H,35,38). The first-order chi connectivity index (χ1) is 19.7. The number of amides is 2. The second-order valence-electron chi connectivity index (χ2n) is 9.90. The molecule has 4 aromatic carbocycles. The summed E-state index contributed by atoms with van der Waals surface area (Å²) in [5, 5.41) is 2.96. The van der Waals surface area contributed by atoms with Crippen LogP contribution in [0.25, 0.3) is 0 Å². The number of anilines is 1. The van der Waals surface area contributed by atoms with Crippen molar-refractivity contribution in [2.24, 2.45) is 0 Å². The lowest BCUT2D eigenvalue weighted by Crippen LogP contribution is -2.50. The second-order valence-corrected chi connectivity index (χ2v) is 9.90. The zero-order valence-corrected chi connectivity index (χ0v) is 22.8. The molecule has 1 N–H and O–H groups in total. The third-order valence-corrected chi connectivity index (χ3v) is 7.20. The molecule has 0 spiro atoms. The van der Waals surface area contributed by atoms with Crippen LogP contribution in [-0.4, -0.2) is 54.4 Å². The molecule has 0 radical (unpaired) electrons. The fourth-order valence-corrected chi connectivity index (χ4v) is 5.20. The largest absolute Gasteiger partial charge is 0.493 e. The van der Waals surface area contributed by atoms with E-state index in [1.165, 1.54) is 11.1 Å². The van der Waals surface area contributed by atoms with Gasteiger partial charge in [-0.3, -0.25) is 14.5 Å². The molecule has 6 nitrogen and oxygen atoms in total. The van der Waals surface area contributed by atoms with Crippen LogP contribution in [0, 0.1) is 0 Å². The van der Waals surface area contributed by atoms with Crippen LogP contribution in [0.4, 0.5) is 5.69 Å². The first kappa shape index (κ1) is 27.2. The van der Waals surface area contributed by atoms with Crippen molar-refractivity contribution >= 4 is 17.5 Å². The van der Waals surface area contributed by atoms with E-state index in [0.717, 1.165) is 19.5 Å². The van der Waals surface area contributed by atoms with Crippen LogP contribution in [0.3, 0.4) is 0 Å². The van der Waals surface area contributed by atoms with Crippen molar-refractivity contribution in [2.75, 3.05) is 38.1 Å². The minimum Gasteiger partial charge on any atom is -0.493 e. The lowest BCUT2D eigenvalue weighted by molar-refractivity contribution is 0.0598. The Balaban J connectivity index is 1.30. The Bertz CT molecular complexity index is 1380. The molecule has 4 aromatic rings. The molecule has 0 atom stereocenters. The molecule has 0 aromatic heterocycles. The van der Waals surface area contributed by atoms with Gasteiger partial charge in [-0.05, 0) is 41.8 Å².